The number of piperidine rings is 1. The summed E-state index contributed by atoms with van der Waals surface area (Å²) in [6, 6.07) is -0.825. The summed E-state index contributed by atoms with van der Waals surface area (Å²) in [6.45, 7) is 5.28. The van der Waals surface area contributed by atoms with Crippen molar-refractivity contribution in [1.29, 1.82) is 0 Å². The Hall–Kier alpha value is -1.43. The summed E-state index contributed by atoms with van der Waals surface area (Å²) in [7, 11) is 0. The number of rotatable bonds is 2. The molecular weight excluding hydrogens is 210 g/mol. The minimum Gasteiger partial charge on any atom is -0.292 e. The van der Waals surface area contributed by atoms with Crippen molar-refractivity contribution in [1.82, 2.24) is 10.3 Å². The number of imide groups is 1. The van der Waals surface area contributed by atoms with Crippen molar-refractivity contribution in [2.75, 3.05) is 0 Å². The van der Waals surface area contributed by atoms with E-state index >= 15 is 0 Å². The number of fused-ring (bicyclic) bond motifs is 1. The van der Waals surface area contributed by atoms with E-state index in [2.05, 4.69) is 0 Å². The third-order valence-corrected chi connectivity index (χ3v) is 3.74. The number of hydrogen-bond acceptors (Lipinski definition) is 4. The van der Waals surface area contributed by atoms with Gasteiger partial charge in [-0.3, -0.25) is 24.7 Å². The Morgan fingerprint density at radius 1 is 1.38 bits per heavy atom. The predicted octanol–water partition coefficient (Wildman–Crippen LogP) is -0.994. The highest BCUT2D eigenvalue weighted by atomic mass is 16.2. The van der Waals surface area contributed by atoms with Crippen molar-refractivity contribution in [3.8, 4) is 0 Å². The van der Waals surface area contributed by atoms with Crippen molar-refractivity contribution in [2.24, 2.45) is 23.1 Å². The second-order valence-corrected chi connectivity index (χ2v) is 5.01. The molecule has 2 fully saturated rings. The molecule has 2 rings (SSSR count). The largest absolute Gasteiger partial charge is 0.292 e. The van der Waals surface area contributed by atoms with Gasteiger partial charge in [-0.05, 0) is 12.3 Å². The standard InChI is InChI=1S/C10H15N3O3/c1-4(7(14)12-11)13-8(15)5-6(9(13)16)10(5,2)3/h4-6H,11H2,1-3H3,(H,12,14). The van der Waals surface area contributed by atoms with Gasteiger partial charge in [0.2, 0.25) is 11.8 Å². The number of carbonyl (C=O) groups is 3. The number of nitrogens with zero attached hydrogens (tertiary/aromatic N) is 1. The highest BCUT2D eigenvalue weighted by molar-refractivity contribution is 6.12. The van der Waals surface area contributed by atoms with Gasteiger partial charge in [0.15, 0.2) is 0 Å². The molecule has 6 heteroatoms. The Kier molecular flexibility index (Phi) is 2.10. The molecule has 0 aromatic carbocycles. The molecule has 0 aromatic heterocycles. The molecule has 0 bridgehead atoms. The smallest absolute Gasteiger partial charge is 0.256 e. The zero-order chi connectivity index (χ0) is 12.2. The molecule has 1 saturated carbocycles. The van der Waals surface area contributed by atoms with Gasteiger partial charge in [0, 0.05) is 0 Å². The van der Waals surface area contributed by atoms with E-state index in [9.17, 15) is 14.4 Å². The normalized spacial score (nSPS) is 32.4. The van der Waals surface area contributed by atoms with Crippen LogP contribution in [0.15, 0.2) is 0 Å². The number of hydrogen-bond donors (Lipinski definition) is 2. The van der Waals surface area contributed by atoms with Gasteiger partial charge < -0.3 is 0 Å². The molecule has 88 valence electrons. The van der Waals surface area contributed by atoms with Gasteiger partial charge in [-0.25, -0.2) is 5.84 Å². The van der Waals surface area contributed by atoms with Crippen LogP contribution in [0.1, 0.15) is 20.8 Å². The number of amides is 3. The summed E-state index contributed by atoms with van der Waals surface area (Å²) < 4.78 is 0. The zero-order valence-electron chi connectivity index (χ0n) is 9.48. The molecule has 1 heterocycles. The molecule has 16 heavy (non-hydrogen) atoms. The first-order valence-electron chi connectivity index (χ1n) is 5.21. The van der Waals surface area contributed by atoms with E-state index in [-0.39, 0.29) is 29.1 Å². The van der Waals surface area contributed by atoms with Crippen molar-refractivity contribution in [3.05, 3.63) is 0 Å². The Morgan fingerprint density at radius 3 is 2.19 bits per heavy atom. The topological polar surface area (TPSA) is 92.5 Å². The molecule has 3 unspecified atom stereocenters. The van der Waals surface area contributed by atoms with Crippen LogP contribution < -0.4 is 11.3 Å². The molecule has 1 aliphatic heterocycles. The molecule has 0 spiro atoms. The maximum Gasteiger partial charge on any atom is 0.256 e. The quantitative estimate of drug-likeness (QED) is 0.273. The van der Waals surface area contributed by atoms with E-state index in [0.717, 1.165) is 4.90 Å². The summed E-state index contributed by atoms with van der Waals surface area (Å²) in [4.78, 5) is 36.2. The minimum absolute atomic E-state index is 0.246. The lowest BCUT2D eigenvalue weighted by Gasteiger charge is -2.25. The fourth-order valence-electron chi connectivity index (χ4n) is 2.59. The maximum atomic E-state index is 11.9. The Labute approximate surface area is 93.1 Å². The SMILES string of the molecule is CC(C(=O)NN)N1C(=O)C2C(C1=O)C2(C)C. The second kappa shape index (κ2) is 3.04. The van der Waals surface area contributed by atoms with E-state index in [1.165, 1.54) is 6.92 Å². The summed E-state index contributed by atoms with van der Waals surface area (Å²) in [5, 5.41) is 0. The van der Waals surface area contributed by atoms with Gasteiger partial charge >= 0.3 is 0 Å². The molecule has 1 aliphatic carbocycles. The molecule has 3 amide bonds. The molecule has 2 aliphatic rings. The lowest BCUT2D eigenvalue weighted by atomic mass is 10.0. The van der Waals surface area contributed by atoms with Crippen LogP contribution in [-0.4, -0.2) is 28.7 Å². The zero-order valence-corrected chi connectivity index (χ0v) is 9.48. The first kappa shape index (κ1) is 11.1. The van der Waals surface area contributed by atoms with Crippen LogP contribution in [-0.2, 0) is 14.4 Å². The van der Waals surface area contributed by atoms with Crippen LogP contribution in [0.4, 0.5) is 0 Å². The lowest BCUT2D eigenvalue weighted by molar-refractivity contribution is -0.150. The van der Waals surface area contributed by atoms with Crippen LogP contribution in [0.25, 0.3) is 0 Å². The Morgan fingerprint density at radius 2 is 1.81 bits per heavy atom. The van der Waals surface area contributed by atoms with Gasteiger partial charge in [-0.1, -0.05) is 13.8 Å². The average molecular weight is 225 g/mol. The number of likely N-dealkylation sites (tertiary alicyclic amines) is 1. The van der Waals surface area contributed by atoms with Gasteiger partial charge in [-0.2, -0.15) is 0 Å². The molecule has 0 radical (unpaired) electrons. The third-order valence-electron chi connectivity index (χ3n) is 3.74. The lowest BCUT2D eigenvalue weighted by Crippen LogP contribution is -2.51. The molecule has 6 nitrogen and oxygen atoms in total. The van der Waals surface area contributed by atoms with E-state index in [1.807, 2.05) is 19.3 Å². The highest BCUT2D eigenvalue weighted by Crippen LogP contribution is 2.63. The first-order valence-corrected chi connectivity index (χ1v) is 5.21. The summed E-state index contributed by atoms with van der Waals surface area (Å²) in [5.74, 6) is 3.43. The fourth-order valence-corrected chi connectivity index (χ4v) is 2.59. The Balaban J connectivity index is 2.20. The molecule has 0 aromatic rings. The third kappa shape index (κ3) is 1.13. The van der Waals surface area contributed by atoms with Crippen molar-refractivity contribution < 1.29 is 14.4 Å². The van der Waals surface area contributed by atoms with Crippen LogP contribution in [0, 0.1) is 17.3 Å². The summed E-state index contributed by atoms with van der Waals surface area (Å²) in [5.41, 5.74) is 1.70. The first-order chi connectivity index (χ1) is 7.34. The predicted molar refractivity (Wildman–Crippen MR) is 54.4 cm³/mol. The van der Waals surface area contributed by atoms with E-state index < -0.39 is 11.9 Å². The average Bonchev–Trinajstić information content (AvgIpc) is 2.67. The van der Waals surface area contributed by atoms with Crippen LogP contribution in [0.3, 0.4) is 0 Å². The monoisotopic (exact) mass is 225 g/mol. The van der Waals surface area contributed by atoms with Gasteiger partial charge in [0.25, 0.3) is 5.91 Å². The van der Waals surface area contributed by atoms with E-state index in [1.54, 1.807) is 0 Å². The van der Waals surface area contributed by atoms with E-state index in [4.69, 9.17) is 5.84 Å². The summed E-state index contributed by atoms with van der Waals surface area (Å²) in [6.07, 6.45) is 0. The number of nitrogens with one attached hydrogen (secondary N) is 1. The van der Waals surface area contributed by atoms with Crippen LogP contribution in [0.5, 0.6) is 0 Å². The molecule has 1 saturated heterocycles. The molecule has 3 atom stereocenters. The van der Waals surface area contributed by atoms with Crippen LogP contribution >= 0.6 is 0 Å². The number of hydrazine groups is 1. The maximum absolute atomic E-state index is 11.9. The van der Waals surface area contributed by atoms with Crippen molar-refractivity contribution in [3.63, 3.8) is 0 Å². The van der Waals surface area contributed by atoms with E-state index in [0.29, 0.717) is 0 Å². The molecular formula is C10H15N3O3. The van der Waals surface area contributed by atoms with Gasteiger partial charge in [-0.15, -0.1) is 0 Å². The Bertz CT molecular complexity index is 367. The number of nitrogens with two attached hydrogens (primary N) is 1. The van der Waals surface area contributed by atoms with Gasteiger partial charge in [0.05, 0.1) is 11.8 Å². The minimum atomic E-state index is -0.825. The second-order valence-electron chi connectivity index (χ2n) is 5.01. The van der Waals surface area contributed by atoms with Crippen molar-refractivity contribution in [2.45, 2.75) is 26.8 Å². The summed E-state index contributed by atoms with van der Waals surface area (Å²) >= 11 is 0. The van der Waals surface area contributed by atoms with Gasteiger partial charge in [0.1, 0.15) is 6.04 Å². The highest BCUT2D eigenvalue weighted by Gasteiger charge is 2.73. The van der Waals surface area contributed by atoms with Crippen molar-refractivity contribution >= 4 is 17.7 Å². The number of carbonyl (C=O) groups excluding carboxylic acids is 3. The van der Waals surface area contributed by atoms with Crippen LogP contribution in [0.2, 0.25) is 0 Å². The fraction of sp³-hybridized carbons (Fsp3) is 0.700. The molecule has 3 N–H and O–H groups in total.